The van der Waals surface area contributed by atoms with Crippen LogP contribution in [-0.4, -0.2) is 57.9 Å². The molecule has 1 aliphatic heterocycles. The molecule has 0 bridgehead atoms. The molecular weight excluding hydrogens is 438 g/mol. The number of aryl methyl sites for hydroxylation is 1. The molecule has 0 spiro atoms. The standard InChI is InChI=1S/C20H23N5O4S2/c1-2-23-16-7-3-4-8-17(16)24(20(23)30)15-21-11-13-22(14-12-21)31(28,29)19-10-6-5-9-18(19)25(26)27/h3-10H,2,11-15H2,1H3. The van der Waals surface area contributed by atoms with Crippen molar-refractivity contribution >= 4 is 39.0 Å². The molecule has 0 atom stereocenters. The van der Waals surface area contributed by atoms with E-state index >= 15 is 0 Å². The Hall–Kier alpha value is -2.60. The van der Waals surface area contributed by atoms with Crippen molar-refractivity contribution in [2.24, 2.45) is 0 Å². The van der Waals surface area contributed by atoms with Gasteiger partial charge in [-0.15, -0.1) is 0 Å². The molecule has 3 aromatic rings. The van der Waals surface area contributed by atoms with E-state index in [0.717, 1.165) is 22.3 Å². The van der Waals surface area contributed by atoms with Gasteiger partial charge < -0.3 is 9.13 Å². The lowest BCUT2D eigenvalue weighted by molar-refractivity contribution is -0.387. The van der Waals surface area contributed by atoms with Gasteiger partial charge in [0, 0.05) is 38.8 Å². The van der Waals surface area contributed by atoms with Crippen LogP contribution in [0.15, 0.2) is 53.4 Å². The van der Waals surface area contributed by atoms with Gasteiger partial charge in [-0.3, -0.25) is 15.0 Å². The lowest BCUT2D eigenvalue weighted by Gasteiger charge is -2.34. The minimum Gasteiger partial charge on any atom is -0.317 e. The first-order valence-corrected chi connectivity index (χ1v) is 11.8. The molecule has 1 aliphatic rings. The number of imidazole rings is 1. The minimum absolute atomic E-state index is 0.258. The molecule has 11 heteroatoms. The number of hydrogen-bond acceptors (Lipinski definition) is 6. The van der Waals surface area contributed by atoms with E-state index in [2.05, 4.69) is 21.0 Å². The third-order valence-corrected chi connectivity index (χ3v) is 7.98. The second-order valence-corrected chi connectivity index (χ2v) is 9.60. The molecular formula is C20H23N5O4S2. The zero-order valence-electron chi connectivity index (χ0n) is 17.0. The molecule has 164 valence electrons. The van der Waals surface area contributed by atoms with Crippen molar-refractivity contribution in [2.45, 2.75) is 25.0 Å². The Balaban J connectivity index is 1.53. The number of aromatic nitrogens is 2. The Morgan fingerprint density at radius 3 is 2.16 bits per heavy atom. The van der Waals surface area contributed by atoms with Gasteiger partial charge in [-0.2, -0.15) is 4.31 Å². The third kappa shape index (κ3) is 3.89. The van der Waals surface area contributed by atoms with Crippen LogP contribution in [0, 0.1) is 14.9 Å². The predicted molar refractivity (Wildman–Crippen MR) is 120 cm³/mol. The van der Waals surface area contributed by atoms with Crippen LogP contribution >= 0.6 is 12.2 Å². The number of nitro groups is 1. The summed E-state index contributed by atoms with van der Waals surface area (Å²) in [6.07, 6.45) is 0. The van der Waals surface area contributed by atoms with Crippen molar-refractivity contribution in [2.75, 3.05) is 26.2 Å². The molecule has 1 fully saturated rings. The van der Waals surface area contributed by atoms with Gasteiger partial charge >= 0.3 is 0 Å². The highest BCUT2D eigenvalue weighted by Crippen LogP contribution is 2.27. The van der Waals surface area contributed by atoms with Crippen LogP contribution in [-0.2, 0) is 23.2 Å². The van der Waals surface area contributed by atoms with Gasteiger partial charge in [-0.25, -0.2) is 8.42 Å². The van der Waals surface area contributed by atoms with Crippen molar-refractivity contribution in [1.29, 1.82) is 0 Å². The summed E-state index contributed by atoms with van der Waals surface area (Å²) in [5.41, 5.74) is 1.72. The maximum Gasteiger partial charge on any atom is 0.289 e. The SMILES string of the molecule is CCn1c(=S)n(CN2CCN(S(=O)(=O)c3ccccc3[N+](=O)[O-])CC2)c2ccccc21. The van der Waals surface area contributed by atoms with Gasteiger partial charge in [-0.1, -0.05) is 24.3 Å². The van der Waals surface area contributed by atoms with Crippen molar-refractivity contribution in [3.8, 4) is 0 Å². The number of fused-ring (bicyclic) bond motifs is 1. The van der Waals surface area contributed by atoms with E-state index in [9.17, 15) is 18.5 Å². The molecule has 2 heterocycles. The Morgan fingerprint density at radius 2 is 1.55 bits per heavy atom. The maximum atomic E-state index is 13.0. The Bertz CT molecular complexity index is 1290. The molecule has 4 rings (SSSR count). The number of nitrogens with zero attached hydrogens (tertiary/aromatic N) is 5. The average molecular weight is 462 g/mol. The fourth-order valence-electron chi connectivity index (χ4n) is 3.99. The molecule has 0 amide bonds. The first-order valence-electron chi connectivity index (χ1n) is 9.98. The number of nitro benzene ring substituents is 1. The van der Waals surface area contributed by atoms with Crippen molar-refractivity contribution in [1.82, 2.24) is 18.3 Å². The number of rotatable bonds is 6. The van der Waals surface area contributed by atoms with Crippen LogP contribution in [0.25, 0.3) is 11.0 Å². The van der Waals surface area contributed by atoms with E-state index in [4.69, 9.17) is 12.2 Å². The number of para-hydroxylation sites is 3. The van der Waals surface area contributed by atoms with Gasteiger partial charge in [0.1, 0.15) is 0 Å². The third-order valence-electron chi connectivity index (χ3n) is 5.59. The maximum absolute atomic E-state index is 13.0. The molecule has 0 aliphatic carbocycles. The summed E-state index contributed by atoms with van der Waals surface area (Å²) in [6, 6.07) is 13.5. The van der Waals surface area contributed by atoms with Crippen molar-refractivity contribution in [3.05, 3.63) is 63.4 Å². The highest BCUT2D eigenvalue weighted by Gasteiger charge is 2.33. The average Bonchev–Trinajstić information content (AvgIpc) is 3.05. The summed E-state index contributed by atoms with van der Waals surface area (Å²) >= 11 is 5.67. The molecule has 2 aromatic carbocycles. The number of piperazine rings is 1. The molecule has 0 N–H and O–H groups in total. The topological polar surface area (TPSA) is 93.6 Å². The second kappa shape index (κ2) is 8.50. The first-order chi connectivity index (χ1) is 14.8. The van der Waals surface area contributed by atoms with Crippen LogP contribution in [0.3, 0.4) is 0 Å². The second-order valence-electron chi connectivity index (χ2n) is 7.33. The van der Waals surface area contributed by atoms with E-state index in [1.165, 1.54) is 28.6 Å². The summed E-state index contributed by atoms with van der Waals surface area (Å²) in [7, 11) is -3.94. The quantitative estimate of drug-likeness (QED) is 0.318. The number of hydrogen-bond donors (Lipinski definition) is 0. The Labute approximate surface area is 185 Å². The zero-order valence-corrected chi connectivity index (χ0v) is 18.7. The molecule has 0 radical (unpaired) electrons. The fraction of sp³-hybridized carbons (Fsp3) is 0.350. The normalized spacial score (nSPS) is 16.0. The molecule has 1 aromatic heterocycles. The summed E-state index contributed by atoms with van der Waals surface area (Å²) in [5, 5.41) is 11.3. The van der Waals surface area contributed by atoms with E-state index in [-0.39, 0.29) is 18.0 Å². The summed E-state index contributed by atoms with van der Waals surface area (Å²) in [4.78, 5) is 12.5. The van der Waals surface area contributed by atoms with Crippen LogP contribution in [0.5, 0.6) is 0 Å². The monoisotopic (exact) mass is 461 g/mol. The number of sulfonamides is 1. The summed E-state index contributed by atoms with van der Waals surface area (Å²) < 4.78 is 32.3. The molecule has 31 heavy (non-hydrogen) atoms. The number of benzene rings is 2. The Morgan fingerprint density at radius 1 is 0.968 bits per heavy atom. The molecule has 9 nitrogen and oxygen atoms in total. The van der Waals surface area contributed by atoms with Crippen LogP contribution in [0.1, 0.15) is 6.92 Å². The Kier molecular flexibility index (Phi) is 5.93. The van der Waals surface area contributed by atoms with Gasteiger partial charge in [0.2, 0.25) is 10.0 Å². The first kappa shape index (κ1) is 21.6. The predicted octanol–water partition coefficient (Wildman–Crippen LogP) is 3.06. The molecule has 1 saturated heterocycles. The molecule has 0 unspecified atom stereocenters. The lowest BCUT2D eigenvalue weighted by atomic mass is 10.3. The van der Waals surface area contributed by atoms with Gasteiger partial charge in [0.25, 0.3) is 5.69 Å². The van der Waals surface area contributed by atoms with Crippen LogP contribution in [0.2, 0.25) is 0 Å². The smallest absolute Gasteiger partial charge is 0.289 e. The largest absolute Gasteiger partial charge is 0.317 e. The highest BCUT2D eigenvalue weighted by molar-refractivity contribution is 7.89. The van der Waals surface area contributed by atoms with E-state index in [0.29, 0.717) is 19.8 Å². The van der Waals surface area contributed by atoms with E-state index in [1.807, 2.05) is 24.3 Å². The van der Waals surface area contributed by atoms with Gasteiger partial charge in [0.05, 0.1) is 22.6 Å². The van der Waals surface area contributed by atoms with Crippen LogP contribution < -0.4 is 0 Å². The molecule has 0 saturated carbocycles. The summed E-state index contributed by atoms with van der Waals surface area (Å²) in [5.74, 6) is 0. The van der Waals surface area contributed by atoms with Crippen molar-refractivity contribution in [3.63, 3.8) is 0 Å². The minimum atomic E-state index is -3.94. The summed E-state index contributed by atoms with van der Waals surface area (Å²) in [6.45, 7) is 4.92. The van der Waals surface area contributed by atoms with Crippen molar-refractivity contribution < 1.29 is 13.3 Å². The fourth-order valence-corrected chi connectivity index (χ4v) is 5.95. The van der Waals surface area contributed by atoms with Crippen LogP contribution in [0.4, 0.5) is 5.69 Å². The zero-order chi connectivity index (χ0) is 22.2. The van der Waals surface area contributed by atoms with E-state index < -0.39 is 20.6 Å². The van der Waals surface area contributed by atoms with Gasteiger partial charge in [0.15, 0.2) is 9.67 Å². The van der Waals surface area contributed by atoms with Gasteiger partial charge in [-0.05, 0) is 37.3 Å². The highest BCUT2D eigenvalue weighted by atomic mass is 32.2. The van der Waals surface area contributed by atoms with E-state index in [1.54, 1.807) is 0 Å². The lowest BCUT2D eigenvalue weighted by Crippen LogP contribution is -2.48.